The van der Waals surface area contributed by atoms with Crippen molar-refractivity contribution in [2.75, 3.05) is 13.7 Å². The first-order chi connectivity index (χ1) is 10.1. The predicted molar refractivity (Wildman–Crippen MR) is 85.8 cm³/mol. The molecule has 0 N–H and O–H groups in total. The second kappa shape index (κ2) is 9.56. The number of benzene rings is 1. The minimum atomic E-state index is -0.241. The lowest BCUT2D eigenvalue weighted by Crippen LogP contribution is -2.22. The van der Waals surface area contributed by atoms with Crippen molar-refractivity contribution in [2.45, 2.75) is 59.0 Å². The summed E-state index contributed by atoms with van der Waals surface area (Å²) in [5.41, 5.74) is 3.10. The van der Waals surface area contributed by atoms with Gasteiger partial charge in [0.05, 0.1) is 12.2 Å². The van der Waals surface area contributed by atoms with Gasteiger partial charge in [-0.25, -0.2) is 4.79 Å². The minimum Gasteiger partial charge on any atom is -0.456 e. The molecule has 0 bridgehead atoms. The number of hydrogen-bond acceptors (Lipinski definition) is 3. The molecule has 0 saturated heterocycles. The molecule has 3 nitrogen and oxygen atoms in total. The summed E-state index contributed by atoms with van der Waals surface area (Å²) in [5.74, 6) is -0.241. The van der Waals surface area contributed by atoms with E-state index < -0.39 is 0 Å². The van der Waals surface area contributed by atoms with Crippen molar-refractivity contribution in [1.29, 1.82) is 0 Å². The van der Waals surface area contributed by atoms with Gasteiger partial charge in [-0.1, -0.05) is 39.7 Å². The first-order valence-electron chi connectivity index (χ1n) is 7.97. The quantitative estimate of drug-likeness (QED) is 0.641. The molecule has 3 heteroatoms. The fraction of sp³-hybridized carbons (Fsp3) is 0.611. The smallest absolute Gasteiger partial charge is 0.338 e. The SMILES string of the molecule is CCCc1cc(CCC)cc(C(=O)OC(CC)COC)c1. The second-order valence-corrected chi connectivity index (χ2v) is 5.43. The number of rotatable bonds is 9. The van der Waals surface area contributed by atoms with E-state index in [4.69, 9.17) is 9.47 Å². The Hall–Kier alpha value is -1.35. The summed E-state index contributed by atoms with van der Waals surface area (Å²) in [5, 5.41) is 0. The van der Waals surface area contributed by atoms with Crippen molar-refractivity contribution in [2.24, 2.45) is 0 Å². The van der Waals surface area contributed by atoms with Crippen LogP contribution in [0.5, 0.6) is 0 Å². The Morgan fingerprint density at radius 3 is 2.05 bits per heavy atom. The molecular weight excluding hydrogens is 264 g/mol. The van der Waals surface area contributed by atoms with Crippen LogP contribution in [0.15, 0.2) is 18.2 Å². The van der Waals surface area contributed by atoms with Gasteiger partial charge in [-0.3, -0.25) is 0 Å². The van der Waals surface area contributed by atoms with Crippen molar-refractivity contribution in [3.63, 3.8) is 0 Å². The second-order valence-electron chi connectivity index (χ2n) is 5.43. The van der Waals surface area contributed by atoms with Gasteiger partial charge in [-0.05, 0) is 42.5 Å². The topological polar surface area (TPSA) is 35.5 Å². The van der Waals surface area contributed by atoms with Gasteiger partial charge in [0.25, 0.3) is 0 Å². The summed E-state index contributed by atoms with van der Waals surface area (Å²) in [6.07, 6.45) is 4.72. The van der Waals surface area contributed by atoms with Crippen molar-refractivity contribution in [3.8, 4) is 0 Å². The van der Waals surface area contributed by atoms with E-state index in [0.717, 1.165) is 32.1 Å². The summed E-state index contributed by atoms with van der Waals surface area (Å²) < 4.78 is 10.6. The molecule has 0 fully saturated rings. The zero-order chi connectivity index (χ0) is 15.7. The lowest BCUT2D eigenvalue weighted by atomic mass is 10.00. The Morgan fingerprint density at radius 2 is 1.62 bits per heavy atom. The monoisotopic (exact) mass is 292 g/mol. The molecule has 0 aliphatic rings. The minimum absolute atomic E-state index is 0.174. The maximum absolute atomic E-state index is 12.3. The van der Waals surface area contributed by atoms with Crippen LogP contribution in [0.2, 0.25) is 0 Å². The maximum Gasteiger partial charge on any atom is 0.338 e. The van der Waals surface area contributed by atoms with E-state index in [-0.39, 0.29) is 12.1 Å². The standard InChI is InChI=1S/C18H28O3/c1-5-8-14-10-15(9-6-2)12-16(11-14)18(19)21-17(7-3)13-20-4/h10-12,17H,5-9,13H2,1-4H3. The summed E-state index contributed by atoms with van der Waals surface area (Å²) in [7, 11) is 1.62. The highest BCUT2D eigenvalue weighted by atomic mass is 16.6. The van der Waals surface area contributed by atoms with Crippen LogP contribution in [0.3, 0.4) is 0 Å². The number of carbonyl (C=O) groups excluding carboxylic acids is 1. The van der Waals surface area contributed by atoms with Gasteiger partial charge in [0.2, 0.25) is 0 Å². The fourth-order valence-corrected chi connectivity index (χ4v) is 2.39. The Labute approximate surface area is 128 Å². The van der Waals surface area contributed by atoms with Crippen LogP contribution in [0, 0.1) is 0 Å². The highest BCUT2D eigenvalue weighted by Gasteiger charge is 2.15. The van der Waals surface area contributed by atoms with Crippen molar-refractivity contribution in [1.82, 2.24) is 0 Å². The predicted octanol–water partition coefficient (Wildman–Crippen LogP) is 4.17. The molecule has 0 amide bonds. The summed E-state index contributed by atoms with van der Waals surface area (Å²) in [4.78, 5) is 12.3. The Balaban J connectivity index is 2.90. The Kier molecular flexibility index (Phi) is 8.06. The molecular formula is C18H28O3. The van der Waals surface area contributed by atoms with Crippen molar-refractivity contribution < 1.29 is 14.3 Å². The molecule has 21 heavy (non-hydrogen) atoms. The molecule has 0 heterocycles. The van der Waals surface area contributed by atoms with E-state index in [1.165, 1.54) is 11.1 Å². The number of methoxy groups -OCH3 is 1. The van der Waals surface area contributed by atoms with Gasteiger partial charge in [-0.2, -0.15) is 0 Å². The van der Waals surface area contributed by atoms with Gasteiger partial charge in [0.15, 0.2) is 0 Å². The van der Waals surface area contributed by atoms with Crippen LogP contribution in [0.4, 0.5) is 0 Å². The average molecular weight is 292 g/mol. The number of hydrogen-bond donors (Lipinski definition) is 0. The van der Waals surface area contributed by atoms with Crippen molar-refractivity contribution in [3.05, 3.63) is 34.9 Å². The number of carbonyl (C=O) groups is 1. The van der Waals surface area contributed by atoms with Crippen molar-refractivity contribution >= 4 is 5.97 Å². The van der Waals surface area contributed by atoms with Crippen LogP contribution < -0.4 is 0 Å². The third kappa shape index (κ3) is 5.88. The molecule has 0 aliphatic carbocycles. The number of esters is 1. The molecule has 0 aliphatic heterocycles. The first-order valence-corrected chi connectivity index (χ1v) is 7.97. The van der Waals surface area contributed by atoms with E-state index in [1.54, 1.807) is 7.11 Å². The highest BCUT2D eigenvalue weighted by molar-refractivity contribution is 5.90. The van der Waals surface area contributed by atoms with Gasteiger partial charge in [0.1, 0.15) is 6.10 Å². The Bertz CT molecular complexity index is 416. The normalized spacial score (nSPS) is 12.2. The summed E-state index contributed by atoms with van der Waals surface area (Å²) in [6, 6.07) is 6.13. The van der Waals surface area contributed by atoms with Crippen LogP contribution >= 0.6 is 0 Å². The lowest BCUT2D eigenvalue weighted by Gasteiger charge is -2.16. The number of aryl methyl sites for hydroxylation is 2. The average Bonchev–Trinajstić information content (AvgIpc) is 2.47. The molecule has 1 rings (SSSR count). The van der Waals surface area contributed by atoms with E-state index >= 15 is 0 Å². The van der Waals surface area contributed by atoms with Gasteiger partial charge in [0, 0.05) is 7.11 Å². The zero-order valence-electron chi connectivity index (χ0n) is 13.8. The molecule has 0 spiro atoms. The molecule has 1 aromatic carbocycles. The van der Waals surface area contributed by atoms with Gasteiger partial charge >= 0.3 is 5.97 Å². The first kappa shape index (κ1) is 17.7. The summed E-state index contributed by atoms with van der Waals surface area (Å²) >= 11 is 0. The van der Waals surface area contributed by atoms with E-state index in [1.807, 2.05) is 19.1 Å². The molecule has 1 atom stereocenters. The van der Waals surface area contributed by atoms with Gasteiger partial charge in [-0.15, -0.1) is 0 Å². The Morgan fingerprint density at radius 1 is 1.05 bits per heavy atom. The third-order valence-electron chi connectivity index (χ3n) is 3.45. The molecule has 0 aromatic heterocycles. The van der Waals surface area contributed by atoms with E-state index in [2.05, 4.69) is 19.9 Å². The molecule has 118 valence electrons. The number of ether oxygens (including phenoxy) is 2. The molecule has 0 saturated carbocycles. The highest BCUT2D eigenvalue weighted by Crippen LogP contribution is 2.16. The van der Waals surface area contributed by atoms with E-state index in [9.17, 15) is 4.79 Å². The zero-order valence-corrected chi connectivity index (χ0v) is 13.8. The van der Waals surface area contributed by atoms with Crippen LogP contribution in [-0.2, 0) is 22.3 Å². The van der Waals surface area contributed by atoms with Crippen LogP contribution in [0.25, 0.3) is 0 Å². The lowest BCUT2D eigenvalue weighted by molar-refractivity contribution is 0.00473. The van der Waals surface area contributed by atoms with Crippen LogP contribution in [0.1, 0.15) is 61.5 Å². The molecule has 0 radical (unpaired) electrons. The summed E-state index contributed by atoms with van der Waals surface area (Å²) in [6.45, 7) is 6.73. The van der Waals surface area contributed by atoms with Gasteiger partial charge < -0.3 is 9.47 Å². The molecule has 1 unspecified atom stereocenters. The third-order valence-corrected chi connectivity index (χ3v) is 3.45. The maximum atomic E-state index is 12.3. The molecule has 1 aromatic rings. The van der Waals surface area contributed by atoms with E-state index in [0.29, 0.717) is 12.2 Å². The fourth-order valence-electron chi connectivity index (χ4n) is 2.39. The largest absolute Gasteiger partial charge is 0.456 e. The van der Waals surface area contributed by atoms with Crippen LogP contribution in [-0.4, -0.2) is 25.8 Å².